The van der Waals surface area contributed by atoms with E-state index in [1.165, 1.54) is 0 Å². The van der Waals surface area contributed by atoms with Crippen LogP contribution in [0.1, 0.15) is 30.0 Å². The van der Waals surface area contributed by atoms with E-state index in [1.54, 1.807) is 6.26 Å². The van der Waals surface area contributed by atoms with Gasteiger partial charge in [-0.05, 0) is 42.2 Å². The molecule has 1 aliphatic heterocycles. The number of fused-ring (bicyclic) bond motifs is 1. The van der Waals surface area contributed by atoms with Crippen molar-refractivity contribution in [3.05, 3.63) is 59.8 Å². The number of nitrogens with zero attached hydrogens (tertiary/aromatic N) is 3. The van der Waals surface area contributed by atoms with Crippen molar-refractivity contribution < 1.29 is 9.00 Å². The Kier molecular flexibility index (Phi) is 5.98. The lowest BCUT2D eigenvalue weighted by atomic mass is 10.0. The van der Waals surface area contributed by atoms with Crippen molar-refractivity contribution in [3.8, 4) is 17.2 Å². The molecule has 1 saturated heterocycles. The summed E-state index contributed by atoms with van der Waals surface area (Å²) in [5.41, 5.74) is 4.91. The Labute approximate surface area is 178 Å². The van der Waals surface area contributed by atoms with Gasteiger partial charge in [-0.2, -0.15) is 5.26 Å². The van der Waals surface area contributed by atoms with E-state index >= 15 is 0 Å². The molecule has 0 spiro atoms. The van der Waals surface area contributed by atoms with Crippen LogP contribution in [0.25, 0.3) is 22.0 Å². The first-order valence-corrected chi connectivity index (χ1v) is 11.5. The summed E-state index contributed by atoms with van der Waals surface area (Å²) in [5, 5.41) is 13.2. The molecule has 2 aromatic carbocycles. The molecule has 6 nitrogen and oxygen atoms in total. The highest BCUT2D eigenvalue weighted by atomic mass is 32.2. The van der Waals surface area contributed by atoms with Crippen molar-refractivity contribution in [3.63, 3.8) is 0 Å². The van der Waals surface area contributed by atoms with Gasteiger partial charge in [0.25, 0.3) is 0 Å². The van der Waals surface area contributed by atoms with Crippen LogP contribution in [0.5, 0.6) is 0 Å². The van der Waals surface area contributed by atoms with Crippen LogP contribution in [0.3, 0.4) is 0 Å². The first-order valence-electron chi connectivity index (χ1n) is 10.00. The van der Waals surface area contributed by atoms with Crippen molar-refractivity contribution in [2.75, 3.05) is 19.3 Å². The summed E-state index contributed by atoms with van der Waals surface area (Å²) >= 11 is 0. The number of nitriles is 1. The maximum Gasteiger partial charge on any atom is 0.207 e. The Balaban J connectivity index is 1.78. The molecule has 1 amide bonds. The maximum absolute atomic E-state index is 11.8. The normalized spacial score (nSPS) is 16.3. The second-order valence-corrected chi connectivity index (χ2v) is 8.94. The molecule has 4 rings (SSSR count). The first-order chi connectivity index (χ1) is 14.6. The van der Waals surface area contributed by atoms with Gasteiger partial charge in [0, 0.05) is 54.6 Å². The van der Waals surface area contributed by atoms with Gasteiger partial charge in [-0.25, -0.2) is 8.51 Å². The summed E-state index contributed by atoms with van der Waals surface area (Å²) in [6, 6.07) is 16.5. The number of carbonyl (C=O) groups is 1. The fraction of sp³-hybridized carbons (Fsp3) is 0.304. The molecule has 1 atom stereocenters. The van der Waals surface area contributed by atoms with E-state index < -0.39 is 11.0 Å². The van der Waals surface area contributed by atoms with Crippen LogP contribution in [-0.2, 0) is 22.3 Å². The molecule has 1 aliphatic rings. The van der Waals surface area contributed by atoms with E-state index in [0.717, 1.165) is 53.5 Å². The monoisotopic (exact) mass is 420 g/mol. The van der Waals surface area contributed by atoms with Gasteiger partial charge in [0.2, 0.25) is 6.41 Å². The molecule has 30 heavy (non-hydrogen) atoms. The van der Waals surface area contributed by atoms with Gasteiger partial charge in [0.05, 0.1) is 22.6 Å². The summed E-state index contributed by atoms with van der Waals surface area (Å²) in [6.45, 7) is 2.09. The maximum atomic E-state index is 11.8. The van der Waals surface area contributed by atoms with Crippen molar-refractivity contribution in [2.45, 2.75) is 25.4 Å². The van der Waals surface area contributed by atoms with Crippen LogP contribution in [0.15, 0.2) is 48.7 Å². The summed E-state index contributed by atoms with van der Waals surface area (Å²) in [7, 11) is -0.934. The zero-order valence-corrected chi connectivity index (χ0v) is 17.7. The van der Waals surface area contributed by atoms with Gasteiger partial charge in [-0.3, -0.25) is 4.79 Å². The third-order valence-electron chi connectivity index (χ3n) is 5.77. The lowest BCUT2D eigenvalue weighted by molar-refractivity contribution is -0.109. The quantitative estimate of drug-likeness (QED) is 0.621. The van der Waals surface area contributed by atoms with E-state index in [0.29, 0.717) is 24.6 Å². The highest BCUT2D eigenvalue weighted by Gasteiger charge is 2.24. The molecule has 154 valence electrons. The number of piperidine rings is 1. The Bertz CT molecular complexity index is 1140. The van der Waals surface area contributed by atoms with Gasteiger partial charge in [-0.15, -0.1) is 0 Å². The number of hydrogen-bond donors (Lipinski definition) is 1. The fourth-order valence-electron chi connectivity index (χ4n) is 4.23. The van der Waals surface area contributed by atoms with E-state index in [-0.39, 0.29) is 0 Å². The number of benzene rings is 2. The zero-order valence-electron chi connectivity index (χ0n) is 16.9. The van der Waals surface area contributed by atoms with Crippen molar-refractivity contribution >= 4 is 28.3 Å². The molecule has 7 heteroatoms. The third kappa shape index (κ3) is 4.02. The predicted octanol–water partition coefficient (Wildman–Crippen LogP) is 3.36. The Morgan fingerprint density at radius 3 is 2.73 bits per heavy atom. The second-order valence-electron chi connectivity index (χ2n) is 7.58. The molecule has 0 aliphatic carbocycles. The first kappa shape index (κ1) is 20.3. The number of hydrogen-bond acceptors (Lipinski definition) is 3. The lowest BCUT2D eigenvalue weighted by Crippen LogP contribution is -2.35. The SMILES string of the molecule is CS(=O)N1CCC(n2cc(-c3cccc(C#N)c3)c3ccc(CNC=O)cc32)CC1. The topological polar surface area (TPSA) is 78.1 Å². The van der Waals surface area contributed by atoms with Gasteiger partial charge in [0.1, 0.15) is 0 Å². The predicted molar refractivity (Wildman–Crippen MR) is 119 cm³/mol. The largest absolute Gasteiger partial charge is 0.355 e. The van der Waals surface area contributed by atoms with Crippen LogP contribution >= 0.6 is 0 Å². The summed E-state index contributed by atoms with van der Waals surface area (Å²) in [4.78, 5) is 10.7. The van der Waals surface area contributed by atoms with Crippen LogP contribution in [0.2, 0.25) is 0 Å². The molecule has 1 aromatic heterocycles. The van der Waals surface area contributed by atoms with E-state index in [9.17, 15) is 14.3 Å². The number of amides is 1. The minimum atomic E-state index is -0.934. The summed E-state index contributed by atoms with van der Waals surface area (Å²) in [6.07, 6.45) is 6.48. The Morgan fingerprint density at radius 1 is 1.23 bits per heavy atom. The van der Waals surface area contributed by atoms with E-state index in [2.05, 4.69) is 34.3 Å². The Morgan fingerprint density at radius 2 is 2.03 bits per heavy atom. The molecule has 3 aromatic rings. The van der Waals surface area contributed by atoms with Crippen molar-refractivity contribution in [2.24, 2.45) is 0 Å². The molecule has 1 fully saturated rings. The molecule has 0 bridgehead atoms. The standard InChI is InChI=1S/C23H24N4O2S/c1-30(29)26-9-7-20(8-10-26)27-15-22(19-4-2-3-17(11-19)13-24)21-6-5-18(12-23(21)27)14-25-16-28/h2-6,11-12,15-16,20H,7-10,14H2,1H3,(H,25,28). The van der Waals surface area contributed by atoms with Gasteiger partial charge < -0.3 is 9.88 Å². The molecule has 1 unspecified atom stereocenters. The number of nitrogens with one attached hydrogen (secondary N) is 1. The van der Waals surface area contributed by atoms with Crippen LogP contribution in [0.4, 0.5) is 0 Å². The molecule has 1 N–H and O–H groups in total. The van der Waals surface area contributed by atoms with Crippen LogP contribution < -0.4 is 5.32 Å². The smallest absolute Gasteiger partial charge is 0.207 e. The van der Waals surface area contributed by atoms with Gasteiger partial charge in [-0.1, -0.05) is 24.3 Å². The minimum absolute atomic E-state index is 0.314. The molecule has 0 saturated carbocycles. The average Bonchev–Trinajstić information content (AvgIpc) is 3.16. The second kappa shape index (κ2) is 8.82. The minimum Gasteiger partial charge on any atom is -0.355 e. The highest BCUT2D eigenvalue weighted by molar-refractivity contribution is 7.81. The molecular formula is C23H24N4O2S. The van der Waals surface area contributed by atoms with Gasteiger partial charge >= 0.3 is 0 Å². The van der Waals surface area contributed by atoms with Gasteiger partial charge in [0.15, 0.2) is 0 Å². The molecular weight excluding hydrogens is 396 g/mol. The zero-order chi connectivity index (χ0) is 21.1. The molecule has 0 radical (unpaired) electrons. The number of aromatic nitrogens is 1. The number of rotatable bonds is 6. The van der Waals surface area contributed by atoms with Crippen LogP contribution in [-0.4, -0.2) is 38.8 Å². The van der Waals surface area contributed by atoms with E-state index in [4.69, 9.17) is 0 Å². The van der Waals surface area contributed by atoms with E-state index in [1.807, 2.05) is 34.6 Å². The average molecular weight is 421 g/mol. The summed E-state index contributed by atoms with van der Waals surface area (Å²) < 4.78 is 16.2. The number of carbonyl (C=O) groups excluding carboxylic acids is 1. The third-order valence-corrected chi connectivity index (χ3v) is 6.86. The fourth-order valence-corrected chi connectivity index (χ4v) is 4.96. The molecule has 2 heterocycles. The van der Waals surface area contributed by atoms with Crippen LogP contribution in [0, 0.1) is 11.3 Å². The Hall–Kier alpha value is -2.95. The summed E-state index contributed by atoms with van der Waals surface area (Å²) in [5.74, 6) is 0. The highest BCUT2D eigenvalue weighted by Crippen LogP contribution is 2.36. The van der Waals surface area contributed by atoms with Crippen molar-refractivity contribution in [1.82, 2.24) is 14.2 Å². The van der Waals surface area contributed by atoms with Crippen molar-refractivity contribution in [1.29, 1.82) is 5.26 Å². The lowest BCUT2D eigenvalue weighted by Gasteiger charge is -2.31.